The number of rotatable bonds is 4. The zero-order chi connectivity index (χ0) is 15.5. The number of carbonyl (C=O) groups is 1. The summed E-state index contributed by atoms with van der Waals surface area (Å²) < 4.78 is 0. The molecule has 0 bridgehead atoms. The molecule has 116 valence electrons. The van der Waals surface area contributed by atoms with Gasteiger partial charge in [0.1, 0.15) is 0 Å². The van der Waals surface area contributed by atoms with Gasteiger partial charge in [0.25, 0.3) is 0 Å². The summed E-state index contributed by atoms with van der Waals surface area (Å²) >= 11 is 13.8. The molecule has 0 aliphatic carbocycles. The first-order valence-electron chi connectivity index (χ1n) is 7.16. The number of anilines is 1. The van der Waals surface area contributed by atoms with E-state index < -0.39 is 0 Å². The highest BCUT2D eigenvalue weighted by molar-refractivity contribution is 7.10. The summed E-state index contributed by atoms with van der Waals surface area (Å²) in [5.74, 6) is -0.0624. The second-order valence-electron chi connectivity index (χ2n) is 5.32. The molecule has 1 amide bonds. The van der Waals surface area contributed by atoms with Crippen LogP contribution in [0.4, 0.5) is 5.69 Å². The van der Waals surface area contributed by atoms with E-state index in [1.165, 1.54) is 4.88 Å². The Morgan fingerprint density at radius 2 is 2.23 bits per heavy atom. The first-order valence-corrected chi connectivity index (χ1v) is 8.79. The van der Waals surface area contributed by atoms with Crippen LogP contribution in [0.1, 0.15) is 23.8 Å². The Kier molecular flexibility index (Phi) is 5.03. The van der Waals surface area contributed by atoms with Crippen LogP contribution in [0.25, 0.3) is 0 Å². The van der Waals surface area contributed by atoms with Gasteiger partial charge in [-0.15, -0.1) is 11.3 Å². The van der Waals surface area contributed by atoms with Gasteiger partial charge >= 0.3 is 0 Å². The number of carbonyl (C=O) groups excluding carboxylic acids is 1. The molecule has 2 aromatic rings. The molecule has 1 aliphatic rings. The van der Waals surface area contributed by atoms with E-state index in [9.17, 15) is 4.79 Å². The number of benzene rings is 1. The van der Waals surface area contributed by atoms with E-state index in [0.29, 0.717) is 28.3 Å². The molecular weight excluding hydrogens is 339 g/mol. The molecule has 1 aliphatic heterocycles. The van der Waals surface area contributed by atoms with Crippen LogP contribution in [0.2, 0.25) is 10.0 Å². The summed E-state index contributed by atoms with van der Waals surface area (Å²) in [5, 5.41) is 5.98. The van der Waals surface area contributed by atoms with Crippen molar-refractivity contribution in [3.8, 4) is 0 Å². The number of hydrogen-bond acceptors (Lipinski definition) is 3. The number of hydrogen-bond donors (Lipinski definition) is 1. The fourth-order valence-corrected chi connectivity index (χ4v) is 4.02. The molecule has 1 atom stereocenters. The third-order valence-corrected chi connectivity index (χ3v) is 5.32. The highest BCUT2D eigenvalue weighted by atomic mass is 35.5. The highest BCUT2D eigenvalue weighted by Crippen LogP contribution is 2.34. The lowest BCUT2D eigenvalue weighted by Gasteiger charge is -2.23. The van der Waals surface area contributed by atoms with E-state index in [1.807, 2.05) is 0 Å². The van der Waals surface area contributed by atoms with Crippen LogP contribution in [0.15, 0.2) is 35.7 Å². The summed E-state index contributed by atoms with van der Waals surface area (Å²) in [4.78, 5) is 15.8. The Bertz CT molecular complexity index is 660. The van der Waals surface area contributed by atoms with Crippen molar-refractivity contribution in [1.82, 2.24) is 4.90 Å². The summed E-state index contributed by atoms with van der Waals surface area (Å²) in [6.07, 6.45) is 2.22. The van der Waals surface area contributed by atoms with Crippen molar-refractivity contribution in [3.05, 3.63) is 50.6 Å². The standard InChI is InChI=1S/C16H16Cl2N2OS/c17-11-5-6-12(18)13(9-11)19-16(21)10-20-7-1-3-14(20)15-4-2-8-22-15/h2,4-6,8-9,14H,1,3,7,10H2,(H,19,21)/t14-/m0/s1. The van der Waals surface area contributed by atoms with E-state index in [0.717, 1.165) is 19.4 Å². The molecule has 3 rings (SSSR count). The highest BCUT2D eigenvalue weighted by Gasteiger charge is 2.28. The number of likely N-dealkylation sites (tertiary alicyclic amines) is 1. The smallest absolute Gasteiger partial charge is 0.238 e. The molecule has 3 nitrogen and oxygen atoms in total. The third kappa shape index (κ3) is 3.63. The topological polar surface area (TPSA) is 32.3 Å². The number of thiophene rings is 1. The minimum absolute atomic E-state index is 0.0624. The van der Waals surface area contributed by atoms with Crippen molar-refractivity contribution in [2.24, 2.45) is 0 Å². The predicted molar refractivity (Wildman–Crippen MR) is 93.0 cm³/mol. The van der Waals surface area contributed by atoms with E-state index in [-0.39, 0.29) is 5.91 Å². The van der Waals surface area contributed by atoms with Gasteiger partial charge in [-0.3, -0.25) is 9.69 Å². The quantitative estimate of drug-likeness (QED) is 0.852. The molecule has 6 heteroatoms. The molecular formula is C16H16Cl2N2OS. The Labute approximate surface area is 143 Å². The lowest BCUT2D eigenvalue weighted by Crippen LogP contribution is -2.32. The van der Waals surface area contributed by atoms with E-state index >= 15 is 0 Å². The van der Waals surface area contributed by atoms with Crippen molar-refractivity contribution in [1.29, 1.82) is 0 Å². The van der Waals surface area contributed by atoms with Crippen molar-refractivity contribution >= 4 is 46.1 Å². The number of nitrogens with zero attached hydrogens (tertiary/aromatic N) is 1. The van der Waals surface area contributed by atoms with E-state index in [1.54, 1.807) is 29.5 Å². The largest absolute Gasteiger partial charge is 0.324 e. The van der Waals surface area contributed by atoms with Gasteiger partial charge in [-0.05, 0) is 49.0 Å². The van der Waals surface area contributed by atoms with E-state index in [4.69, 9.17) is 23.2 Å². The average Bonchev–Trinajstić information content (AvgIpc) is 3.13. The van der Waals surface area contributed by atoms with Gasteiger partial charge in [0.2, 0.25) is 5.91 Å². The fourth-order valence-electron chi connectivity index (χ4n) is 2.79. The number of halogens is 2. The summed E-state index contributed by atoms with van der Waals surface area (Å²) in [6.45, 7) is 1.31. The molecule has 2 heterocycles. The normalized spacial score (nSPS) is 18.5. The first kappa shape index (κ1) is 15.8. The fraction of sp³-hybridized carbons (Fsp3) is 0.312. The molecule has 1 saturated heterocycles. The zero-order valence-corrected chi connectivity index (χ0v) is 14.2. The minimum atomic E-state index is -0.0624. The molecule has 0 radical (unpaired) electrons. The van der Waals surface area contributed by atoms with Gasteiger partial charge in [-0.25, -0.2) is 0 Å². The average molecular weight is 355 g/mol. The van der Waals surface area contributed by atoms with Gasteiger partial charge < -0.3 is 5.32 Å². The summed E-state index contributed by atoms with van der Waals surface area (Å²) in [6, 6.07) is 9.60. The van der Waals surface area contributed by atoms with Gasteiger partial charge in [-0.2, -0.15) is 0 Å². The molecule has 1 N–H and O–H groups in total. The Morgan fingerprint density at radius 1 is 1.36 bits per heavy atom. The number of amides is 1. The summed E-state index contributed by atoms with van der Waals surface area (Å²) in [5.41, 5.74) is 0.561. The molecule has 1 fully saturated rings. The van der Waals surface area contributed by atoms with Crippen molar-refractivity contribution in [3.63, 3.8) is 0 Å². The molecule has 1 aromatic carbocycles. The Hall–Kier alpha value is -1.07. The second kappa shape index (κ2) is 7.01. The lowest BCUT2D eigenvalue weighted by molar-refractivity contribution is -0.117. The Balaban J connectivity index is 1.65. The van der Waals surface area contributed by atoms with Crippen LogP contribution in [0.5, 0.6) is 0 Å². The van der Waals surface area contributed by atoms with Gasteiger partial charge in [0, 0.05) is 15.9 Å². The molecule has 22 heavy (non-hydrogen) atoms. The molecule has 0 saturated carbocycles. The maximum Gasteiger partial charge on any atom is 0.238 e. The molecule has 0 unspecified atom stereocenters. The van der Waals surface area contributed by atoms with Crippen LogP contribution in [0.3, 0.4) is 0 Å². The maximum atomic E-state index is 12.3. The monoisotopic (exact) mass is 354 g/mol. The number of nitrogens with one attached hydrogen (secondary N) is 1. The molecule has 1 aromatic heterocycles. The van der Waals surface area contributed by atoms with Crippen LogP contribution in [-0.2, 0) is 4.79 Å². The predicted octanol–water partition coefficient (Wildman–Crippen LogP) is 4.83. The Morgan fingerprint density at radius 3 is 3.00 bits per heavy atom. The SMILES string of the molecule is O=C(CN1CCC[C@H]1c1cccs1)Nc1cc(Cl)ccc1Cl. The summed E-state index contributed by atoms with van der Waals surface area (Å²) in [7, 11) is 0. The van der Waals surface area contributed by atoms with Crippen molar-refractivity contribution in [2.45, 2.75) is 18.9 Å². The first-order chi connectivity index (χ1) is 10.6. The zero-order valence-electron chi connectivity index (χ0n) is 11.9. The van der Waals surface area contributed by atoms with Crippen LogP contribution >= 0.6 is 34.5 Å². The van der Waals surface area contributed by atoms with Crippen LogP contribution < -0.4 is 5.32 Å². The van der Waals surface area contributed by atoms with Crippen molar-refractivity contribution in [2.75, 3.05) is 18.4 Å². The molecule has 0 spiro atoms. The van der Waals surface area contributed by atoms with Gasteiger partial charge in [-0.1, -0.05) is 29.3 Å². The van der Waals surface area contributed by atoms with Gasteiger partial charge in [0.15, 0.2) is 0 Å². The van der Waals surface area contributed by atoms with Gasteiger partial charge in [0.05, 0.1) is 17.3 Å². The second-order valence-corrected chi connectivity index (χ2v) is 7.14. The van der Waals surface area contributed by atoms with Crippen molar-refractivity contribution < 1.29 is 4.79 Å². The van der Waals surface area contributed by atoms with Crippen LogP contribution in [0, 0.1) is 0 Å². The minimum Gasteiger partial charge on any atom is -0.324 e. The maximum absolute atomic E-state index is 12.3. The van der Waals surface area contributed by atoms with Crippen LogP contribution in [-0.4, -0.2) is 23.9 Å². The third-order valence-electron chi connectivity index (χ3n) is 3.78. The lowest BCUT2D eigenvalue weighted by atomic mass is 10.2. The van der Waals surface area contributed by atoms with E-state index in [2.05, 4.69) is 27.7 Å².